The summed E-state index contributed by atoms with van der Waals surface area (Å²) in [5, 5.41) is 20.9. The van der Waals surface area contributed by atoms with Crippen molar-refractivity contribution < 1.29 is 24.6 Å². The van der Waals surface area contributed by atoms with Gasteiger partial charge >= 0.3 is 5.97 Å². The van der Waals surface area contributed by atoms with Gasteiger partial charge in [0.05, 0.1) is 0 Å². The average molecular weight is 395 g/mol. The predicted molar refractivity (Wildman–Crippen MR) is 98.2 cm³/mol. The van der Waals surface area contributed by atoms with Crippen molar-refractivity contribution in [3.63, 3.8) is 0 Å². The molecule has 1 aromatic rings. The van der Waals surface area contributed by atoms with Crippen LogP contribution in [-0.4, -0.2) is 56.3 Å². The standard InChI is InChI=1S/C16H17N3O5S2/c1-25-9-6-26-15-11(14(22)19(15)12(9)16(23)24)18-13(21)10(17)7-2-4-8(20)5-3-7/h2-5,10-11,15,20H,6,17H2,1H3,(H,18,21)(H,23,24)/t10?,11-,15+/m1/s1. The number of aromatic hydroxyl groups is 1. The van der Waals surface area contributed by atoms with Crippen LogP contribution in [0, 0.1) is 0 Å². The van der Waals surface area contributed by atoms with Gasteiger partial charge in [-0.3, -0.25) is 14.5 Å². The number of fused-ring (bicyclic) bond motifs is 1. The quantitative estimate of drug-likeness (QED) is 0.528. The van der Waals surface area contributed by atoms with Crippen molar-refractivity contribution in [3.8, 4) is 5.75 Å². The summed E-state index contributed by atoms with van der Waals surface area (Å²) >= 11 is 2.70. The lowest BCUT2D eigenvalue weighted by atomic mass is 10.0. The summed E-state index contributed by atoms with van der Waals surface area (Å²) in [4.78, 5) is 38.2. The number of β-lactam (4-membered cyclic amide) rings is 1. The van der Waals surface area contributed by atoms with Crippen molar-refractivity contribution in [2.45, 2.75) is 17.5 Å². The summed E-state index contributed by atoms with van der Waals surface area (Å²) in [7, 11) is 0. The third-order valence-electron chi connectivity index (χ3n) is 4.21. The predicted octanol–water partition coefficient (Wildman–Crippen LogP) is 0.451. The van der Waals surface area contributed by atoms with E-state index < -0.39 is 35.2 Å². The number of hydrogen-bond acceptors (Lipinski definition) is 7. The molecule has 1 fully saturated rings. The number of thioether (sulfide) groups is 2. The second-order valence-corrected chi connectivity index (χ2v) is 7.75. The maximum atomic E-state index is 12.4. The van der Waals surface area contributed by atoms with E-state index >= 15 is 0 Å². The Morgan fingerprint density at radius 1 is 1.38 bits per heavy atom. The lowest BCUT2D eigenvalue weighted by Crippen LogP contribution is -2.71. The number of rotatable bonds is 5. The molecule has 0 bridgehead atoms. The molecule has 10 heteroatoms. The molecule has 2 heterocycles. The van der Waals surface area contributed by atoms with Crippen molar-refractivity contribution in [1.29, 1.82) is 0 Å². The fraction of sp³-hybridized carbons (Fsp3) is 0.312. The zero-order chi connectivity index (χ0) is 19.0. The Balaban J connectivity index is 1.72. The Kier molecular flexibility index (Phi) is 5.17. The molecule has 1 unspecified atom stereocenters. The zero-order valence-corrected chi connectivity index (χ0v) is 15.3. The van der Waals surface area contributed by atoms with Crippen LogP contribution in [-0.2, 0) is 14.4 Å². The highest BCUT2D eigenvalue weighted by molar-refractivity contribution is 8.05. The number of carbonyl (C=O) groups is 3. The van der Waals surface area contributed by atoms with Crippen molar-refractivity contribution in [2.75, 3.05) is 12.0 Å². The first-order chi connectivity index (χ1) is 12.3. The maximum Gasteiger partial charge on any atom is 0.353 e. The minimum atomic E-state index is -1.15. The van der Waals surface area contributed by atoms with E-state index in [4.69, 9.17) is 5.73 Å². The molecule has 2 amide bonds. The molecule has 3 atom stereocenters. The number of phenols is 1. The van der Waals surface area contributed by atoms with E-state index in [-0.39, 0.29) is 11.4 Å². The van der Waals surface area contributed by atoms with Gasteiger partial charge in [0.15, 0.2) is 0 Å². The van der Waals surface area contributed by atoms with Gasteiger partial charge in [-0.25, -0.2) is 4.79 Å². The third-order valence-corrected chi connectivity index (χ3v) is 6.51. The van der Waals surface area contributed by atoms with Crippen LogP contribution in [0.4, 0.5) is 0 Å². The Morgan fingerprint density at radius 2 is 2.04 bits per heavy atom. The Hall–Kier alpha value is -2.17. The van der Waals surface area contributed by atoms with E-state index in [9.17, 15) is 24.6 Å². The van der Waals surface area contributed by atoms with Gasteiger partial charge in [0.1, 0.15) is 28.9 Å². The summed E-state index contributed by atoms with van der Waals surface area (Å²) in [6.07, 6.45) is 1.76. The number of nitrogens with zero attached hydrogens (tertiary/aromatic N) is 1. The molecule has 0 aromatic heterocycles. The highest BCUT2D eigenvalue weighted by atomic mass is 32.2. The van der Waals surface area contributed by atoms with E-state index in [1.165, 1.54) is 52.7 Å². The van der Waals surface area contributed by atoms with Gasteiger partial charge in [-0.15, -0.1) is 23.5 Å². The summed E-state index contributed by atoms with van der Waals surface area (Å²) in [5.74, 6) is -1.63. The van der Waals surface area contributed by atoms with Crippen molar-refractivity contribution in [1.82, 2.24) is 10.2 Å². The van der Waals surface area contributed by atoms with E-state index in [2.05, 4.69) is 5.32 Å². The largest absolute Gasteiger partial charge is 0.508 e. The lowest BCUT2D eigenvalue weighted by Gasteiger charge is -2.49. The molecule has 2 aliphatic heterocycles. The molecule has 0 radical (unpaired) electrons. The molecular formula is C16H17N3O5S2. The summed E-state index contributed by atoms with van der Waals surface area (Å²) in [6, 6.07) is 4.09. The van der Waals surface area contributed by atoms with Crippen LogP contribution in [0.3, 0.4) is 0 Å². The summed E-state index contributed by atoms with van der Waals surface area (Å²) < 4.78 is 0. The Bertz CT molecular complexity index is 796. The lowest BCUT2D eigenvalue weighted by molar-refractivity contribution is -0.150. The smallest absolute Gasteiger partial charge is 0.353 e. The first kappa shape index (κ1) is 18.6. The summed E-state index contributed by atoms with van der Waals surface area (Å²) in [6.45, 7) is 0. The topological polar surface area (TPSA) is 133 Å². The molecule has 3 rings (SSSR count). The number of carboxylic acids is 1. The van der Waals surface area contributed by atoms with Gasteiger partial charge < -0.3 is 21.3 Å². The minimum absolute atomic E-state index is 0.0143. The van der Waals surface area contributed by atoms with Gasteiger partial charge in [0, 0.05) is 10.7 Å². The highest BCUT2D eigenvalue weighted by Gasteiger charge is 2.54. The van der Waals surface area contributed by atoms with Crippen LogP contribution < -0.4 is 11.1 Å². The van der Waals surface area contributed by atoms with Crippen molar-refractivity contribution >= 4 is 41.3 Å². The first-order valence-corrected chi connectivity index (χ1v) is 9.92. The van der Waals surface area contributed by atoms with E-state index in [1.807, 2.05) is 0 Å². The molecule has 0 spiro atoms. The summed E-state index contributed by atoms with van der Waals surface area (Å²) in [5.41, 5.74) is 6.40. The maximum absolute atomic E-state index is 12.4. The van der Waals surface area contributed by atoms with E-state index in [0.29, 0.717) is 16.2 Å². The molecule has 0 saturated carbocycles. The van der Waals surface area contributed by atoms with E-state index in [1.54, 1.807) is 6.26 Å². The van der Waals surface area contributed by atoms with Gasteiger partial charge in [0.25, 0.3) is 5.91 Å². The molecule has 1 saturated heterocycles. The number of aliphatic carboxylic acids is 1. The monoisotopic (exact) mass is 395 g/mol. The Morgan fingerprint density at radius 3 is 2.62 bits per heavy atom. The second-order valence-electron chi connectivity index (χ2n) is 5.75. The SMILES string of the molecule is CSC1=C(C(=O)O)N2C(=O)[C@@H](NC(=O)C(N)c3ccc(O)cc3)[C@@H]2SC1. The fourth-order valence-corrected chi connectivity index (χ4v) is 5.07. The van der Waals surface area contributed by atoms with Crippen LogP contribution in [0.1, 0.15) is 11.6 Å². The van der Waals surface area contributed by atoms with Gasteiger partial charge in [-0.1, -0.05) is 12.1 Å². The molecule has 2 aliphatic rings. The number of carboxylic acid groups (broad SMARTS) is 1. The molecule has 26 heavy (non-hydrogen) atoms. The van der Waals surface area contributed by atoms with Gasteiger partial charge in [0.2, 0.25) is 5.91 Å². The van der Waals surface area contributed by atoms with Gasteiger partial charge in [-0.05, 0) is 24.0 Å². The van der Waals surface area contributed by atoms with Crippen molar-refractivity contribution in [2.24, 2.45) is 5.73 Å². The number of amides is 2. The molecule has 8 nitrogen and oxygen atoms in total. The minimum Gasteiger partial charge on any atom is -0.508 e. The molecule has 1 aromatic carbocycles. The molecular weight excluding hydrogens is 378 g/mol. The number of hydrogen-bond donors (Lipinski definition) is 4. The average Bonchev–Trinajstić information content (AvgIpc) is 2.64. The van der Waals surface area contributed by atoms with Gasteiger partial charge in [-0.2, -0.15) is 0 Å². The van der Waals surface area contributed by atoms with E-state index in [0.717, 1.165) is 0 Å². The number of nitrogens with two attached hydrogens (primary N) is 1. The number of benzene rings is 1. The second kappa shape index (κ2) is 7.22. The number of nitrogens with one attached hydrogen (secondary N) is 1. The molecule has 5 N–H and O–H groups in total. The van der Waals surface area contributed by atoms with Crippen LogP contribution >= 0.6 is 23.5 Å². The zero-order valence-electron chi connectivity index (χ0n) is 13.7. The van der Waals surface area contributed by atoms with Crippen LogP contribution in [0.15, 0.2) is 34.9 Å². The van der Waals surface area contributed by atoms with Crippen LogP contribution in [0.25, 0.3) is 0 Å². The first-order valence-electron chi connectivity index (χ1n) is 7.65. The fourth-order valence-electron chi connectivity index (χ4n) is 2.82. The number of phenolic OH excluding ortho intramolecular Hbond substituents is 1. The molecule has 138 valence electrons. The van der Waals surface area contributed by atoms with Crippen molar-refractivity contribution in [3.05, 3.63) is 40.4 Å². The Labute approximate surface area is 157 Å². The van der Waals surface area contributed by atoms with Crippen LogP contribution in [0.5, 0.6) is 5.75 Å². The number of carbonyl (C=O) groups excluding carboxylic acids is 2. The van der Waals surface area contributed by atoms with Crippen LogP contribution in [0.2, 0.25) is 0 Å². The highest BCUT2D eigenvalue weighted by Crippen LogP contribution is 2.42. The third kappa shape index (κ3) is 3.15. The normalized spacial score (nSPS) is 23.2. The molecule has 0 aliphatic carbocycles.